The van der Waals surface area contributed by atoms with Crippen molar-refractivity contribution < 1.29 is 33.4 Å². The molecule has 0 saturated carbocycles. The molecule has 0 aromatic heterocycles. The van der Waals surface area contributed by atoms with E-state index in [1.165, 1.54) is 0 Å². The molecule has 0 bridgehead atoms. The van der Waals surface area contributed by atoms with Crippen LogP contribution in [0.4, 0.5) is 9.59 Å². The van der Waals surface area contributed by atoms with Crippen molar-refractivity contribution in [3.63, 3.8) is 0 Å². The molecule has 0 fully saturated rings. The van der Waals surface area contributed by atoms with Gasteiger partial charge in [-0.1, -0.05) is 12.2 Å². The SMILES string of the molecule is CC(C)(C)OC(=O)NOCCOCCOCCNC(=O)OC1CC/C=C/CCC1. The van der Waals surface area contributed by atoms with E-state index in [2.05, 4.69) is 22.9 Å². The van der Waals surface area contributed by atoms with Crippen LogP contribution in [-0.2, 0) is 23.8 Å². The van der Waals surface area contributed by atoms with Gasteiger partial charge in [-0.3, -0.25) is 4.84 Å². The molecule has 1 aliphatic rings. The lowest BCUT2D eigenvalue weighted by Crippen LogP contribution is -2.33. The first-order chi connectivity index (χ1) is 13.9. The first kappa shape index (κ1) is 25.2. The Labute approximate surface area is 173 Å². The lowest BCUT2D eigenvalue weighted by molar-refractivity contribution is -0.0325. The molecule has 0 radical (unpaired) electrons. The van der Waals surface area contributed by atoms with Crippen LogP contribution < -0.4 is 10.8 Å². The third kappa shape index (κ3) is 15.7. The summed E-state index contributed by atoms with van der Waals surface area (Å²) in [5.74, 6) is 0. The van der Waals surface area contributed by atoms with Gasteiger partial charge in [0.1, 0.15) is 11.7 Å². The molecule has 1 aliphatic carbocycles. The van der Waals surface area contributed by atoms with E-state index in [1.54, 1.807) is 20.8 Å². The third-order valence-electron chi connectivity index (χ3n) is 3.76. The van der Waals surface area contributed by atoms with Crippen molar-refractivity contribution in [2.75, 3.05) is 39.6 Å². The zero-order valence-corrected chi connectivity index (χ0v) is 17.9. The van der Waals surface area contributed by atoms with Gasteiger partial charge in [-0.2, -0.15) is 5.48 Å². The van der Waals surface area contributed by atoms with Crippen LogP contribution in [0.1, 0.15) is 52.9 Å². The molecular weight excluding hydrogens is 380 g/mol. The van der Waals surface area contributed by atoms with Crippen LogP contribution in [0.2, 0.25) is 0 Å². The number of amides is 2. The summed E-state index contributed by atoms with van der Waals surface area (Å²) in [6.45, 7) is 7.35. The number of hydrogen-bond acceptors (Lipinski definition) is 7. The monoisotopic (exact) mass is 416 g/mol. The van der Waals surface area contributed by atoms with Crippen LogP contribution in [0.25, 0.3) is 0 Å². The number of ether oxygens (including phenoxy) is 4. The molecule has 0 spiro atoms. The second-order valence-electron chi connectivity index (χ2n) is 7.61. The van der Waals surface area contributed by atoms with Gasteiger partial charge in [0.05, 0.1) is 33.0 Å². The van der Waals surface area contributed by atoms with Crippen molar-refractivity contribution in [3.8, 4) is 0 Å². The normalized spacial score (nSPS) is 18.2. The fourth-order valence-electron chi connectivity index (χ4n) is 2.49. The van der Waals surface area contributed by atoms with Gasteiger partial charge in [0, 0.05) is 6.54 Å². The second kappa shape index (κ2) is 15.1. The Bertz CT molecular complexity index is 492. The van der Waals surface area contributed by atoms with Crippen LogP contribution in [0.15, 0.2) is 12.2 Å². The summed E-state index contributed by atoms with van der Waals surface area (Å²) in [6.07, 6.45) is 8.09. The summed E-state index contributed by atoms with van der Waals surface area (Å²) in [4.78, 5) is 28.0. The smallest absolute Gasteiger partial charge is 0.431 e. The Kier molecular flexibility index (Phi) is 13.1. The number of hydrogen-bond donors (Lipinski definition) is 2. The topological polar surface area (TPSA) is 104 Å². The molecule has 168 valence electrons. The van der Waals surface area contributed by atoms with Crippen molar-refractivity contribution in [1.29, 1.82) is 0 Å². The molecule has 0 aliphatic heterocycles. The van der Waals surface area contributed by atoms with Gasteiger partial charge >= 0.3 is 12.2 Å². The number of rotatable bonds is 11. The second-order valence-corrected chi connectivity index (χ2v) is 7.61. The number of hydroxylamine groups is 1. The highest BCUT2D eigenvalue weighted by atomic mass is 16.7. The van der Waals surface area contributed by atoms with Gasteiger partial charge in [0.2, 0.25) is 0 Å². The van der Waals surface area contributed by atoms with E-state index in [9.17, 15) is 9.59 Å². The fourth-order valence-corrected chi connectivity index (χ4v) is 2.49. The first-order valence-electron chi connectivity index (χ1n) is 10.2. The Morgan fingerprint density at radius 3 is 2.38 bits per heavy atom. The molecule has 0 aromatic rings. The highest BCUT2D eigenvalue weighted by molar-refractivity contribution is 5.67. The van der Waals surface area contributed by atoms with Crippen LogP contribution >= 0.6 is 0 Å². The molecule has 9 heteroatoms. The van der Waals surface area contributed by atoms with Crippen molar-refractivity contribution >= 4 is 12.2 Å². The average Bonchev–Trinajstić information content (AvgIpc) is 2.60. The number of alkyl carbamates (subject to hydrolysis) is 1. The summed E-state index contributed by atoms with van der Waals surface area (Å²) in [6, 6.07) is 0. The van der Waals surface area contributed by atoms with Crippen molar-refractivity contribution in [2.45, 2.75) is 64.6 Å². The number of nitrogens with one attached hydrogen (secondary N) is 2. The predicted molar refractivity (Wildman–Crippen MR) is 107 cm³/mol. The van der Waals surface area contributed by atoms with E-state index in [0.29, 0.717) is 33.0 Å². The maximum Gasteiger partial charge on any atom is 0.431 e. The molecule has 2 N–H and O–H groups in total. The number of allylic oxidation sites excluding steroid dienone is 2. The largest absolute Gasteiger partial charge is 0.446 e. The van der Waals surface area contributed by atoms with Gasteiger partial charge in [-0.15, -0.1) is 0 Å². The summed E-state index contributed by atoms with van der Waals surface area (Å²) in [7, 11) is 0. The molecule has 0 saturated heterocycles. The molecular formula is C20H36N2O7. The zero-order valence-electron chi connectivity index (χ0n) is 17.9. The molecule has 0 aromatic carbocycles. The van der Waals surface area contributed by atoms with Gasteiger partial charge in [-0.25, -0.2) is 9.59 Å². The van der Waals surface area contributed by atoms with Gasteiger partial charge in [0.15, 0.2) is 0 Å². The van der Waals surface area contributed by atoms with E-state index in [4.69, 9.17) is 23.8 Å². The third-order valence-corrected chi connectivity index (χ3v) is 3.76. The van der Waals surface area contributed by atoms with E-state index in [-0.39, 0.29) is 12.7 Å². The Morgan fingerprint density at radius 1 is 0.931 bits per heavy atom. The van der Waals surface area contributed by atoms with Crippen molar-refractivity contribution in [3.05, 3.63) is 12.2 Å². The number of carbonyl (C=O) groups excluding carboxylic acids is 2. The van der Waals surface area contributed by atoms with Crippen LogP contribution in [0.3, 0.4) is 0 Å². The van der Waals surface area contributed by atoms with Crippen LogP contribution in [0.5, 0.6) is 0 Å². The highest BCUT2D eigenvalue weighted by Gasteiger charge is 2.16. The quantitative estimate of drug-likeness (QED) is 0.303. The minimum atomic E-state index is -0.641. The van der Waals surface area contributed by atoms with Crippen molar-refractivity contribution in [1.82, 2.24) is 10.8 Å². The minimum absolute atomic E-state index is 0.0127. The van der Waals surface area contributed by atoms with Crippen LogP contribution in [0, 0.1) is 0 Å². The van der Waals surface area contributed by atoms with E-state index in [1.807, 2.05) is 0 Å². The lowest BCUT2D eigenvalue weighted by Gasteiger charge is -2.19. The van der Waals surface area contributed by atoms with Crippen molar-refractivity contribution in [2.24, 2.45) is 0 Å². The summed E-state index contributed by atoms with van der Waals surface area (Å²) < 4.78 is 21.1. The molecule has 1 atom stereocenters. The molecule has 29 heavy (non-hydrogen) atoms. The molecule has 2 amide bonds. The highest BCUT2D eigenvalue weighted by Crippen LogP contribution is 2.15. The molecule has 1 rings (SSSR count). The van der Waals surface area contributed by atoms with Gasteiger partial charge in [-0.05, 0) is 52.9 Å². The first-order valence-corrected chi connectivity index (χ1v) is 10.2. The zero-order chi connectivity index (χ0) is 21.4. The summed E-state index contributed by atoms with van der Waals surface area (Å²) in [5.41, 5.74) is 1.61. The van der Waals surface area contributed by atoms with E-state index < -0.39 is 17.8 Å². The van der Waals surface area contributed by atoms with E-state index >= 15 is 0 Å². The fraction of sp³-hybridized carbons (Fsp3) is 0.800. The Hall–Kier alpha value is -1.84. The lowest BCUT2D eigenvalue weighted by atomic mass is 10.0. The molecule has 9 nitrogen and oxygen atoms in total. The molecule has 1 unspecified atom stereocenters. The Morgan fingerprint density at radius 2 is 1.62 bits per heavy atom. The maximum absolute atomic E-state index is 11.8. The summed E-state index contributed by atoms with van der Waals surface area (Å²) in [5, 5.41) is 2.69. The maximum atomic E-state index is 11.8. The molecule has 0 heterocycles. The summed E-state index contributed by atoms with van der Waals surface area (Å²) >= 11 is 0. The van der Waals surface area contributed by atoms with Crippen LogP contribution in [-0.4, -0.2) is 63.5 Å². The predicted octanol–water partition coefficient (Wildman–Crippen LogP) is 3.09. The average molecular weight is 417 g/mol. The Balaban J connectivity index is 1.87. The van der Waals surface area contributed by atoms with Gasteiger partial charge in [0.25, 0.3) is 0 Å². The number of carbonyl (C=O) groups is 2. The van der Waals surface area contributed by atoms with Gasteiger partial charge < -0.3 is 24.3 Å². The minimum Gasteiger partial charge on any atom is -0.446 e. The van der Waals surface area contributed by atoms with E-state index in [0.717, 1.165) is 32.1 Å². The standard InChI is InChI=1S/C20H36N2O7/c1-20(2,3)29-19(24)22-27-16-15-26-14-13-25-12-11-21-18(23)28-17-9-7-5-4-6-8-10-17/h4-5,17H,6-16H2,1-3H3,(H,21,23)(H,22,24)/b5-4+.